The molecule has 1 N–H and O–H groups in total. The van der Waals surface area contributed by atoms with E-state index >= 15 is 0 Å². The number of allylic oxidation sites excluding steroid dienone is 9. The molecule has 0 heterocycles. The van der Waals surface area contributed by atoms with Gasteiger partial charge >= 0.3 is 5.97 Å². The first kappa shape index (κ1) is 74.7. The van der Waals surface area contributed by atoms with Crippen molar-refractivity contribution in [3.63, 3.8) is 0 Å². The van der Waals surface area contributed by atoms with Gasteiger partial charge in [0.2, 0.25) is 5.91 Å². The number of nitrogens with one attached hydrogen (secondary N) is 1. The van der Waals surface area contributed by atoms with E-state index in [1.165, 1.54) is 186 Å². The zero-order valence-electron chi connectivity index (χ0n) is 51.4. The summed E-state index contributed by atoms with van der Waals surface area (Å²) in [7, 11) is 1.19. The van der Waals surface area contributed by atoms with Gasteiger partial charge in [0, 0.05) is 12.8 Å². The summed E-state index contributed by atoms with van der Waals surface area (Å²) in [5.41, 5.74) is 0. The molecule has 0 rings (SSSR count). The number of hydrogen-bond acceptors (Lipinski definition) is 7. The van der Waals surface area contributed by atoms with Gasteiger partial charge in [0.25, 0.3) is 7.82 Å². The number of rotatable bonds is 59. The Morgan fingerprint density at radius 3 is 1.21 bits per heavy atom. The summed E-state index contributed by atoms with van der Waals surface area (Å²) in [6.45, 7) is 6.83. The second-order valence-electron chi connectivity index (χ2n) is 23.3. The smallest absolute Gasteiger partial charge is 0.306 e. The number of quaternary nitrogens is 1. The summed E-state index contributed by atoms with van der Waals surface area (Å²) in [5.74, 6) is -0.536. The van der Waals surface area contributed by atoms with Gasteiger partial charge in [-0.1, -0.05) is 275 Å². The lowest BCUT2D eigenvalue weighted by atomic mass is 10.0. The van der Waals surface area contributed by atoms with Gasteiger partial charge in [0.1, 0.15) is 19.3 Å². The van der Waals surface area contributed by atoms with Crippen molar-refractivity contribution in [3.8, 4) is 0 Å². The highest BCUT2D eigenvalue weighted by molar-refractivity contribution is 7.45. The van der Waals surface area contributed by atoms with E-state index in [-0.39, 0.29) is 31.5 Å². The molecule has 3 unspecified atom stereocenters. The highest BCUT2D eigenvalue weighted by atomic mass is 31.2. The minimum absolute atomic E-state index is 0.0225. The standard InChI is InChI=1S/C67H125N2O7P/c1-7-10-13-16-19-22-25-27-28-29-30-31-32-33-34-35-36-37-38-39-40-42-44-47-50-53-56-59-66(70)68-64(63-75-77(72,73)74-62-61-69(4,5)6)65(58-55-52-49-46-43-24-21-18-15-12-9-3)76-67(71)60-57-54-51-48-45-41-26-23-20-17-14-11-8-2/h19,22,27-28,30-31,33-34,55,58,64-65H,7-18,20-21,23-26,29,32,35-54,56-57,59-63H2,1-6H3,(H-,68,70,72,73)/b22-19-,28-27-,31-30-,34-33-,58-55-. The third-order valence-electron chi connectivity index (χ3n) is 14.5. The quantitative estimate of drug-likeness (QED) is 0.0212. The predicted molar refractivity (Wildman–Crippen MR) is 330 cm³/mol. The molecule has 0 aliphatic carbocycles. The summed E-state index contributed by atoms with van der Waals surface area (Å²) in [5, 5.41) is 3.03. The largest absolute Gasteiger partial charge is 0.756 e. The van der Waals surface area contributed by atoms with Gasteiger partial charge in [-0.3, -0.25) is 14.2 Å². The van der Waals surface area contributed by atoms with Crippen LogP contribution >= 0.6 is 7.82 Å². The van der Waals surface area contributed by atoms with Crippen LogP contribution in [0.4, 0.5) is 0 Å². The molecule has 1 amide bonds. The van der Waals surface area contributed by atoms with E-state index in [0.717, 1.165) is 83.5 Å². The van der Waals surface area contributed by atoms with Crippen LogP contribution in [0.3, 0.4) is 0 Å². The molecule has 0 spiro atoms. The zero-order chi connectivity index (χ0) is 56.4. The number of carbonyl (C=O) groups excluding carboxylic acids is 2. The Morgan fingerprint density at radius 2 is 0.792 bits per heavy atom. The van der Waals surface area contributed by atoms with Crippen molar-refractivity contribution in [3.05, 3.63) is 60.8 Å². The van der Waals surface area contributed by atoms with Crippen LogP contribution in [0.5, 0.6) is 0 Å². The van der Waals surface area contributed by atoms with E-state index in [2.05, 4.69) is 74.7 Å². The minimum atomic E-state index is -4.70. The average Bonchev–Trinajstić information content (AvgIpc) is 3.39. The van der Waals surface area contributed by atoms with E-state index in [9.17, 15) is 19.0 Å². The fourth-order valence-corrected chi connectivity index (χ4v) is 10.1. The van der Waals surface area contributed by atoms with Crippen LogP contribution in [0.25, 0.3) is 0 Å². The maximum absolute atomic E-state index is 13.5. The number of amides is 1. The molecule has 0 aliphatic rings. The van der Waals surface area contributed by atoms with Crippen molar-refractivity contribution in [1.29, 1.82) is 0 Å². The number of phosphoric acid groups is 1. The van der Waals surface area contributed by atoms with E-state index in [0.29, 0.717) is 17.4 Å². The van der Waals surface area contributed by atoms with Crippen molar-refractivity contribution in [2.24, 2.45) is 0 Å². The molecule has 450 valence electrons. The van der Waals surface area contributed by atoms with Crippen LogP contribution in [0, 0.1) is 0 Å². The number of ether oxygens (including phenoxy) is 1. The second kappa shape index (κ2) is 57.0. The van der Waals surface area contributed by atoms with Gasteiger partial charge in [0.05, 0.1) is 33.8 Å². The fraction of sp³-hybridized carbons (Fsp3) is 0.821. The van der Waals surface area contributed by atoms with Crippen molar-refractivity contribution < 1.29 is 37.3 Å². The number of likely N-dealkylation sites (N-methyl/N-ethyl adjacent to an activating group) is 1. The van der Waals surface area contributed by atoms with Crippen molar-refractivity contribution in [2.45, 2.75) is 315 Å². The first-order valence-corrected chi connectivity index (χ1v) is 34.1. The van der Waals surface area contributed by atoms with Gasteiger partial charge in [-0.15, -0.1) is 0 Å². The number of carbonyl (C=O) groups is 2. The first-order valence-electron chi connectivity index (χ1n) is 32.6. The molecular weight excluding hydrogens is 976 g/mol. The average molecular weight is 1100 g/mol. The Bertz CT molecular complexity index is 1500. The van der Waals surface area contributed by atoms with Gasteiger partial charge in [0.15, 0.2) is 0 Å². The molecule has 0 saturated carbocycles. The van der Waals surface area contributed by atoms with E-state index < -0.39 is 20.0 Å². The molecule has 0 aromatic heterocycles. The lowest BCUT2D eigenvalue weighted by Crippen LogP contribution is -2.47. The molecule has 0 aliphatic heterocycles. The molecule has 9 nitrogen and oxygen atoms in total. The number of nitrogens with zero attached hydrogens (tertiary/aromatic N) is 1. The predicted octanol–water partition coefficient (Wildman–Crippen LogP) is 19.6. The number of hydrogen-bond donors (Lipinski definition) is 1. The second-order valence-corrected chi connectivity index (χ2v) is 24.7. The van der Waals surface area contributed by atoms with Crippen molar-refractivity contribution >= 4 is 19.7 Å². The highest BCUT2D eigenvalue weighted by Crippen LogP contribution is 2.38. The molecule has 0 aromatic rings. The summed E-state index contributed by atoms with van der Waals surface area (Å²) < 4.78 is 30.3. The van der Waals surface area contributed by atoms with Crippen LogP contribution in [-0.2, 0) is 27.9 Å². The Morgan fingerprint density at radius 1 is 0.455 bits per heavy atom. The summed E-state index contributed by atoms with van der Waals surface area (Å²) in [4.78, 5) is 40.0. The van der Waals surface area contributed by atoms with Crippen LogP contribution in [0.1, 0.15) is 303 Å². The zero-order valence-corrected chi connectivity index (χ0v) is 52.3. The van der Waals surface area contributed by atoms with Crippen LogP contribution in [0.2, 0.25) is 0 Å². The molecule has 0 radical (unpaired) electrons. The van der Waals surface area contributed by atoms with E-state index in [1.54, 1.807) is 0 Å². The van der Waals surface area contributed by atoms with Crippen LogP contribution < -0.4 is 10.2 Å². The molecule has 3 atom stereocenters. The molecule has 77 heavy (non-hydrogen) atoms. The van der Waals surface area contributed by atoms with Gasteiger partial charge in [-0.25, -0.2) is 0 Å². The van der Waals surface area contributed by atoms with Gasteiger partial charge in [-0.2, -0.15) is 0 Å². The van der Waals surface area contributed by atoms with Gasteiger partial charge in [-0.05, 0) is 76.7 Å². The lowest BCUT2D eigenvalue weighted by Gasteiger charge is -2.30. The maximum atomic E-state index is 13.5. The summed E-state index contributed by atoms with van der Waals surface area (Å²) >= 11 is 0. The SMILES string of the molecule is CCCCC/C=C\C/C=C\C/C=C\C/C=C\CCCCCCCCCCCCCC(=O)NC(COP(=O)([O-])OCC[N+](C)(C)C)C(/C=C\CCCCCCCCCCC)OC(=O)CCCCCCCCCCCCCCC. The Hall–Kier alpha value is -2.29. The van der Waals surface area contributed by atoms with E-state index in [4.69, 9.17) is 13.8 Å². The van der Waals surface area contributed by atoms with E-state index in [1.807, 2.05) is 33.3 Å². The molecule has 0 aromatic carbocycles. The fourth-order valence-electron chi connectivity index (χ4n) is 9.39. The Kier molecular flexibility index (Phi) is 55.3. The molecule has 10 heteroatoms. The lowest BCUT2D eigenvalue weighted by molar-refractivity contribution is -0.870. The molecule has 0 saturated heterocycles. The normalized spacial score (nSPS) is 14.0. The minimum Gasteiger partial charge on any atom is -0.756 e. The van der Waals surface area contributed by atoms with Gasteiger partial charge < -0.3 is 28.5 Å². The van der Waals surface area contributed by atoms with Crippen LogP contribution in [0.15, 0.2) is 60.8 Å². The summed E-state index contributed by atoms with van der Waals surface area (Å²) in [6.07, 6.45) is 71.9. The molecule has 0 fully saturated rings. The summed E-state index contributed by atoms with van der Waals surface area (Å²) in [6, 6.07) is -0.888. The topological polar surface area (TPSA) is 114 Å². The molecule has 0 bridgehead atoms. The number of esters is 1. The third kappa shape index (κ3) is 58.2. The first-order chi connectivity index (χ1) is 37.4. The van der Waals surface area contributed by atoms with Crippen molar-refractivity contribution in [1.82, 2.24) is 5.32 Å². The number of phosphoric ester groups is 1. The monoisotopic (exact) mass is 1100 g/mol. The highest BCUT2D eigenvalue weighted by Gasteiger charge is 2.27. The van der Waals surface area contributed by atoms with Crippen LogP contribution in [-0.4, -0.2) is 69.4 Å². The third-order valence-corrected chi connectivity index (χ3v) is 15.4. The number of unbranched alkanes of at least 4 members (excludes halogenated alkanes) is 35. The maximum Gasteiger partial charge on any atom is 0.306 e. The Balaban J connectivity index is 5.02. The Labute approximate surface area is 477 Å². The van der Waals surface area contributed by atoms with Crippen molar-refractivity contribution in [2.75, 3.05) is 40.9 Å². The molecular formula is C67H125N2O7P.